The average molecular weight is 383 g/mol. The highest BCUT2D eigenvalue weighted by atomic mass is 79.9. The van der Waals surface area contributed by atoms with Crippen LogP contribution in [-0.4, -0.2) is 0 Å². The highest BCUT2D eigenvalue weighted by Gasteiger charge is 2.28. The topological polar surface area (TPSA) is 35.2 Å². The van der Waals surface area contributed by atoms with Gasteiger partial charge in [0, 0.05) is 32.5 Å². The summed E-state index contributed by atoms with van der Waals surface area (Å²) >= 11 is 7.05. The van der Waals surface area contributed by atoms with Crippen LogP contribution in [0.4, 0.5) is 0 Å². The maximum Gasteiger partial charge on any atom is 0.127 e. The fourth-order valence-corrected chi connectivity index (χ4v) is 3.32. The fraction of sp³-hybridized carbons (Fsp3) is 0.200. The largest absolute Gasteiger partial charge is 0.485 e. The standard InChI is InChI=1S/C15H13Br2NO/c16-9-5-6-14-11(7-9)13(18)8-15(19-14)10-3-1-2-4-12(10)17/h1-7,13,15H,8,18H2. The van der Waals surface area contributed by atoms with E-state index in [1.54, 1.807) is 0 Å². The molecule has 1 aliphatic heterocycles. The molecule has 2 atom stereocenters. The summed E-state index contributed by atoms with van der Waals surface area (Å²) in [6, 6.07) is 14.1. The smallest absolute Gasteiger partial charge is 0.127 e. The van der Waals surface area contributed by atoms with Crippen LogP contribution in [0.5, 0.6) is 5.75 Å². The van der Waals surface area contributed by atoms with Crippen molar-refractivity contribution < 1.29 is 4.74 Å². The monoisotopic (exact) mass is 381 g/mol. The number of hydrogen-bond donors (Lipinski definition) is 1. The van der Waals surface area contributed by atoms with Crippen LogP contribution < -0.4 is 10.5 Å². The van der Waals surface area contributed by atoms with Crippen molar-refractivity contribution in [2.24, 2.45) is 5.73 Å². The van der Waals surface area contributed by atoms with Gasteiger partial charge in [0.1, 0.15) is 11.9 Å². The molecule has 4 heteroatoms. The van der Waals surface area contributed by atoms with Gasteiger partial charge in [-0.25, -0.2) is 0 Å². The zero-order chi connectivity index (χ0) is 13.4. The molecule has 0 amide bonds. The molecule has 0 saturated heterocycles. The van der Waals surface area contributed by atoms with E-state index in [1.807, 2.05) is 36.4 Å². The summed E-state index contributed by atoms with van der Waals surface area (Å²) in [7, 11) is 0. The summed E-state index contributed by atoms with van der Waals surface area (Å²) in [5.74, 6) is 0.878. The van der Waals surface area contributed by atoms with Crippen LogP contribution in [0, 0.1) is 0 Å². The minimum atomic E-state index is -0.00152. The number of fused-ring (bicyclic) bond motifs is 1. The number of ether oxygens (including phenoxy) is 1. The lowest BCUT2D eigenvalue weighted by atomic mass is 9.94. The molecule has 1 aliphatic rings. The second-order valence-electron chi connectivity index (χ2n) is 4.65. The zero-order valence-electron chi connectivity index (χ0n) is 10.1. The molecule has 0 fully saturated rings. The van der Waals surface area contributed by atoms with E-state index in [0.29, 0.717) is 0 Å². The minimum absolute atomic E-state index is 0.000694. The van der Waals surface area contributed by atoms with Crippen molar-refractivity contribution in [3.8, 4) is 5.75 Å². The van der Waals surface area contributed by atoms with Gasteiger partial charge >= 0.3 is 0 Å². The molecule has 0 aromatic heterocycles. The van der Waals surface area contributed by atoms with E-state index in [9.17, 15) is 0 Å². The molecule has 2 nitrogen and oxygen atoms in total. The van der Waals surface area contributed by atoms with Gasteiger partial charge in [0.15, 0.2) is 0 Å². The first-order chi connectivity index (χ1) is 9.15. The summed E-state index contributed by atoms with van der Waals surface area (Å²) in [4.78, 5) is 0. The second-order valence-corrected chi connectivity index (χ2v) is 6.42. The van der Waals surface area contributed by atoms with E-state index in [0.717, 1.165) is 32.2 Å². The molecule has 98 valence electrons. The van der Waals surface area contributed by atoms with Crippen LogP contribution in [0.25, 0.3) is 0 Å². The first-order valence-corrected chi connectivity index (χ1v) is 7.70. The normalized spacial score (nSPS) is 21.6. The van der Waals surface area contributed by atoms with Crippen LogP contribution in [0.1, 0.15) is 29.7 Å². The molecule has 2 aromatic rings. The fourth-order valence-electron chi connectivity index (χ4n) is 2.40. The van der Waals surface area contributed by atoms with Crippen molar-refractivity contribution in [2.75, 3.05) is 0 Å². The zero-order valence-corrected chi connectivity index (χ0v) is 13.3. The number of halogens is 2. The number of nitrogens with two attached hydrogens (primary N) is 1. The maximum atomic E-state index is 6.28. The summed E-state index contributed by atoms with van der Waals surface area (Å²) < 4.78 is 8.19. The molecule has 3 rings (SSSR count). The Morgan fingerprint density at radius 1 is 1.05 bits per heavy atom. The van der Waals surface area contributed by atoms with Crippen molar-refractivity contribution in [1.82, 2.24) is 0 Å². The van der Waals surface area contributed by atoms with Gasteiger partial charge in [-0.3, -0.25) is 0 Å². The Morgan fingerprint density at radius 2 is 1.84 bits per heavy atom. The van der Waals surface area contributed by atoms with Crippen molar-refractivity contribution >= 4 is 31.9 Å². The molecular formula is C15H13Br2NO. The van der Waals surface area contributed by atoms with E-state index in [4.69, 9.17) is 10.5 Å². The van der Waals surface area contributed by atoms with Crippen molar-refractivity contribution in [2.45, 2.75) is 18.6 Å². The Kier molecular flexibility index (Phi) is 3.65. The molecule has 0 aliphatic carbocycles. The first-order valence-electron chi connectivity index (χ1n) is 6.11. The highest BCUT2D eigenvalue weighted by Crippen LogP contribution is 2.42. The van der Waals surface area contributed by atoms with Crippen molar-refractivity contribution in [3.05, 3.63) is 62.5 Å². The van der Waals surface area contributed by atoms with Crippen LogP contribution in [-0.2, 0) is 0 Å². The van der Waals surface area contributed by atoms with Crippen LogP contribution in [0.15, 0.2) is 51.4 Å². The molecule has 1 heterocycles. The summed E-state index contributed by atoms with van der Waals surface area (Å²) in [5, 5.41) is 0. The Balaban J connectivity index is 1.97. The number of benzene rings is 2. The molecule has 2 N–H and O–H groups in total. The Morgan fingerprint density at radius 3 is 2.63 bits per heavy atom. The van der Waals surface area contributed by atoms with E-state index in [1.165, 1.54) is 0 Å². The average Bonchev–Trinajstić information content (AvgIpc) is 2.40. The van der Waals surface area contributed by atoms with Crippen LogP contribution >= 0.6 is 31.9 Å². The Labute approximate surface area is 129 Å². The number of hydrogen-bond acceptors (Lipinski definition) is 2. The lowest BCUT2D eigenvalue weighted by molar-refractivity contribution is 0.161. The van der Waals surface area contributed by atoms with Crippen LogP contribution in [0.3, 0.4) is 0 Å². The SMILES string of the molecule is NC1CC(c2ccccc2Br)Oc2ccc(Br)cc21. The van der Waals surface area contributed by atoms with Gasteiger partial charge in [-0.15, -0.1) is 0 Å². The second kappa shape index (κ2) is 5.27. The predicted molar refractivity (Wildman–Crippen MR) is 83.2 cm³/mol. The quantitative estimate of drug-likeness (QED) is 0.773. The summed E-state index contributed by atoms with van der Waals surface area (Å²) in [5.41, 5.74) is 8.49. The third kappa shape index (κ3) is 2.57. The third-order valence-electron chi connectivity index (χ3n) is 3.36. The molecule has 0 spiro atoms. The van der Waals surface area contributed by atoms with Gasteiger partial charge < -0.3 is 10.5 Å². The molecule has 2 unspecified atom stereocenters. The third-order valence-corrected chi connectivity index (χ3v) is 4.58. The van der Waals surface area contributed by atoms with Gasteiger partial charge in [0.2, 0.25) is 0 Å². The first kappa shape index (κ1) is 13.2. The minimum Gasteiger partial charge on any atom is -0.485 e. The van der Waals surface area contributed by atoms with E-state index in [-0.39, 0.29) is 12.1 Å². The highest BCUT2D eigenvalue weighted by molar-refractivity contribution is 9.10. The molecule has 0 radical (unpaired) electrons. The Hall–Kier alpha value is -0.840. The van der Waals surface area contributed by atoms with E-state index in [2.05, 4.69) is 37.9 Å². The van der Waals surface area contributed by atoms with Gasteiger partial charge in [-0.1, -0.05) is 50.1 Å². The van der Waals surface area contributed by atoms with Gasteiger partial charge in [-0.05, 0) is 24.3 Å². The van der Waals surface area contributed by atoms with Crippen molar-refractivity contribution in [1.29, 1.82) is 0 Å². The van der Waals surface area contributed by atoms with Crippen LogP contribution in [0.2, 0.25) is 0 Å². The molecule has 2 aromatic carbocycles. The van der Waals surface area contributed by atoms with E-state index >= 15 is 0 Å². The molecule has 0 bridgehead atoms. The summed E-state index contributed by atoms with van der Waals surface area (Å²) in [6.45, 7) is 0. The predicted octanol–water partition coefficient (Wildman–Crippen LogP) is 4.74. The van der Waals surface area contributed by atoms with E-state index < -0.39 is 0 Å². The lowest BCUT2D eigenvalue weighted by Crippen LogP contribution is -2.24. The number of rotatable bonds is 1. The maximum absolute atomic E-state index is 6.28. The molecule has 0 saturated carbocycles. The van der Waals surface area contributed by atoms with Gasteiger partial charge in [0.25, 0.3) is 0 Å². The lowest BCUT2D eigenvalue weighted by Gasteiger charge is -2.31. The van der Waals surface area contributed by atoms with Crippen molar-refractivity contribution in [3.63, 3.8) is 0 Å². The van der Waals surface area contributed by atoms with Gasteiger partial charge in [-0.2, -0.15) is 0 Å². The summed E-state index contributed by atoms with van der Waals surface area (Å²) in [6.07, 6.45) is 0.783. The molecular weight excluding hydrogens is 370 g/mol. The Bertz CT molecular complexity index is 615. The molecule has 19 heavy (non-hydrogen) atoms. The van der Waals surface area contributed by atoms with Gasteiger partial charge in [0.05, 0.1) is 0 Å².